The fourth-order valence-electron chi connectivity index (χ4n) is 1.03. The van der Waals surface area contributed by atoms with E-state index in [4.69, 9.17) is 0 Å². The molecule has 1 rings (SSSR count). The van der Waals surface area contributed by atoms with Crippen LogP contribution in [0.15, 0.2) is 18.2 Å². The Labute approximate surface area is 70.4 Å². The summed E-state index contributed by atoms with van der Waals surface area (Å²) in [6.45, 7) is 1.82. The van der Waals surface area contributed by atoms with Crippen molar-refractivity contribution in [3.05, 3.63) is 29.3 Å². The van der Waals surface area contributed by atoms with Gasteiger partial charge in [0.15, 0.2) is 6.29 Å². The normalized spacial score (nSPS) is 9.08. The second-order valence-electron chi connectivity index (χ2n) is 2.42. The van der Waals surface area contributed by atoms with Crippen LogP contribution in [0.5, 0.6) is 0 Å². The fraction of sp³-hybridized carbons (Fsp3) is 0.111. The number of carbonyl (C=O) groups excluding carboxylic acids is 2. The molecule has 0 aliphatic heterocycles. The molecule has 0 spiro atoms. The van der Waals surface area contributed by atoms with Crippen LogP contribution < -0.4 is 5.32 Å². The van der Waals surface area contributed by atoms with E-state index >= 15 is 0 Å². The van der Waals surface area contributed by atoms with Crippen molar-refractivity contribution in [2.45, 2.75) is 6.92 Å². The maximum absolute atomic E-state index is 10.6. The van der Waals surface area contributed by atoms with Gasteiger partial charge in [0, 0.05) is 5.56 Å². The van der Waals surface area contributed by atoms with Gasteiger partial charge in [0.2, 0.25) is 6.41 Å². The van der Waals surface area contributed by atoms with Crippen LogP contribution in [0.25, 0.3) is 0 Å². The first-order chi connectivity index (χ1) is 5.79. The van der Waals surface area contributed by atoms with Crippen molar-refractivity contribution in [2.75, 3.05) is 5.32 Å². The number of hydrogen-bond acceptors (Lipinski definition) is 2. The van der Waals surface area contributed by atoms with Crippen molar-refractivity contribution in [3.8, 4) is 0 Å². The van der Waals surface area contributed by atoms with Gasteiger partial charge in [-0.25, -0.2) is 0 Å². The average Bonchev–Trinajstić information content (AvgIpc) is 2.05. The Morgan fingerprint density at radius 2 is 2.08 bits per heavy atom. The molecule has 1 amide bonds. The lowest BCUT2D eigenvalue weighted by atomic mass is 10.1. The zero-order valence-electron chi connectivity index (χ0n) is 6.70. The Morgan fingerprint density at radius 3 is 2.67 bits per heavy atom. The summed E-state index contributed by atoms with van der Waals surface area (Å²) < 4.78 is 0. The van der Waals surface area contributed by atoms with E-state index in [-0.39, 0.29) is 0 Å². The third kappa shape index (κ3) is 1.50. The molecule has 0 saturated carbocycles. The van der Waals surface area contributed by atoms with Crippen molar-refractivity contribution in [1.82, 2.24) is 0 Å². The van der Waals surface area contributed by atoms with Gasteiger partial charge < -0.3 is 5.32 Å². The molecule has 0 unspecified atom stereocenters. The van der Waals surface area contributed by atoms with E-state index in [0.29, 0.717) is 17.7 Å². The summed E-state index contributed by atoms with van der Waals surface area (Å²) in [5, 5.41) is 2.46. The highest BCUT2D eigenvalue weighted by Crippen LogP contribution is 2.16. The molecule has 0 aromatic heterocycles. The van der Waals surface area contributed by atoms with Gasteiger partial charge in [-0.2, -0.15) is 0 Å². The number of aryl methyl sites for hydroxylation is 1. The lowest BCUT2D eigenvalue weighted by Gasteiger charge is -2.04. The molecule has 0 atom stereocenters. The number of nitrogens with one attached hydrogen (secondary N) is 1. The largest absolute Gasteiger partial charge is 0.328 e. The van der Waals surface area contributed by atoms with Gasteiger partial charge >= 0.3 is 0 Å². The first kappa shape index (κ1) is 8.46. The summed E-state index contributed by atoms with van der Waals surface area (Å²) in [6, 6.07) is 5.29. The quantitative estimate of drug-likeness (QED) is 0.684. The minimum Gasteiger partial charge on any atom is -0.328 e. The number of hydrogen-bond donors (Lipinski definition) is 1. The van der Waals surface area contributed by atoms with Crippen molar-refractivity contribution in [3.63, 3.8) is 0 Å². The molecule has 3 heteroatoms. The number of rotatable bonds is 3. The molecule has 0 bridgehead atoms. The number of carbonyl (C=O) groups is 2. The van der Waals surface area contributed by atoms with E-state index in [1.165, 1.54) is 0 Å². The predicted octanol–water partition coefficient (Wildman–Crippen LogP) is 1.38. The van der Waals surface area contributed by atoms with Crippen LogP contribution in [0, 0.1) is 6.92 Å². The SMILES string of the molecule is Cc1cccc(NC=O)c1C=O. The number of benzene rings is 1. The minimum absolute atomic E-state index is 0.532. The molecule has 12 heavy (non-hydrogen) atoms. The first-order valence-electron chi connectivity index (χ1n) is 3.54. The van der Waals surface area contributed by atoms with E-state index in [2.05, 4.69) is 5.32 Å². The van der Waals surface area contributed by atoms with Gasteiger partial charge in [-0.05, 0) is 18.6 Å². The molecule has 3 nitrogen and oxygen atoms in total. The second kappa shape index (κ2) is 3.67. The van der Waals surface area contributed by atoms with Gasteiger partial charge in [-0.15, -0.1) is 0 Å². The first-order valence-corrected chi connectivity index (χ1v) is 3.54. The Morgan fingerprint density at radius 1 is 1.33 bits per heavy atom. The molecule has 62 valence electrons. The Bertz CT molecular complexity index is 307. The monoisotopic (exact) mass is 163 g/mol. The molecule has 0 heterocycles. The Kier molecular flexibility index (Phi) is 2.58. The van der Waals surface area contributed by atoms with Gasteiger partial charge in [-0.1, -0.05) is 12.1 Å². The van der Waals surface area contributed by atoms with Crippen LogP contribution in [-0.4, -0.2) is 12.7 Å². The standard InChI is InChI=1S/C9H9NO2/c1-7-3-2-4-9(10-6-12)8(7)5-11/h2-6H,1H3,(H,10,12). The van der Waals surface area contributed by atoms with Crippen molar-refractivity contribution < 1.29 is 9.59 Å². The zero-order valence-corrected chi connectivity index (χ0v) is 6.70. The summed E-state index contributed by atoms with van der Waals surface area (Å²) in [7, 11) is 0. The van der Waals surface area contributed by atoms with Crippen LogP contribution in [0.1, 0.15) is 15.9 Å². The van der Waals surface area contributed by atoms with Gasteiger partial charge in [0.1, 0.15) is 0 Å². The molecular formula is C9H9NO2. The third-order valence-electron chi connectivity index (χ3n) is 1.66. The molecule has 0 radical (unpaired) electrons. The molecule has 0 aliphatic carbocycles. The Hall–Kier alpha value is -1.64. The zero-order chi connectivity index (χ0) is 8.97. The smallest absolute Gasteiger partial charge is 0.211 e. The van der Waals surface area contributed by atoms with Crippen molar-refractivity contribution in [1.29, 1.82) is 0 Å². The maximum atomic E-state index is 10.6. The highest BCUT2D eigenvalue weighted by molar-refractivity contribution is 5.90. The van der Waals surface area contributed by atoms with Crippen molar-refractivity contribution >= 4 is 18.4 Å². The van der Waals surface area contributed by atoms with E-state index in [1.807, 2.05) is 13.0 Å². The summed E-state index contributed by atoms with van der Waals surface area (Å²) in [4.78, 5) is 20.7. The Balaban J connectivity index is 3.17. The molecule has 0 aliphatic rings. The summed E-state index contributed by atoms with van der Waals surface area (Å²) in [5.74, 6) is 0. The number of anilines is 1. The van der Waals surface area contributed by atoms with Crippen LogP contribution >= 0.6 is 0 Å². The highest BCUT2D eigenvalue weighted by atomic mass is 16.1. The lowest BCUT2D eigenvalue weighted by Crippen LogP contribution is -1.99. The molecule has 1 aromatic carbocycles. The van der Waals surface area contributed by atoms with Gasteiger partial charge in [0.25, 0.3) is 0 Å². The molecule has 0 fully saturated rings. The third-order valence-corrected chi connectivity index (χ3v) is 1.66. The second-order valence-corrected chi connectivity index (χ2v) is 2.42. The van der Waals surface area contributed by atoms with Gasteiger partial charge in [-0.3, -0.25) is 9.59 Å². The van der Waals surface area contributed by atoms with E-state index < -0.39 is 0 Å². The average molecular weight is 163 g/mol. The summed E-state index contributed by atoms with van der Waals surface area (Å²) >= 11 is 0. The topological polar surface area (TPSA) is 46.2 Å². The van der Waals surface area contributed by atoms with Crippen LogP contribution in [0.4, 0.5) is 5.69 Å². The van der Waals surface area contributed by atoms with Crippen molar-refractivity contribution in [2.24, 2.45) is 0 Å². The summed E-state index contributed by atoms with van der Waals surface area (Å²) in [5.41, 5.74) is 1.95. The van der Waals surface area contributed by atoms with E-state index in [1.54, 1.807) is 12.1 Å². The molecular weight excluding hydrogens is 154 g/mol. The minimum atomic E-state index is 0.532. The highest BCUT2D eigenvalue weighted by Gasteiger charge is 2.01. The molecule has 1 N–H and O–H groups in total. The van der Waals surface area contributed by atoms with Gasteiger partial charge in [0.05, 0.1) is 5.69 Å². The summed E-state index contributed by atoms with van der Waals surface area (Å²) in [6.07, 6.45) is 1.29. The van der Waals surface area contributed by atoms with Crippen LogP contribution in [0.2, 0.25) is 0 Å². The van der Waals surface area contributed by atoms with E-state index in [0.717, 1.165) is 11.8 Å². The van der Waals surface area contributed by atoms with Crippen LogP contribution in [-0.2, 0) is 4.79 Å². The predicted molar refractivity (Wildman–Crippen MR) is 46.3 cm³/mol. The lowest BCUT2D eigenvalue weighted by molar-refractivity contribution is -0.105. The van der Waals surface area contributed by atoms with Crippen LogP contribution in [0.3, 0.4) is 0 Å². The fourth-order valence-corrected chi connectivity index (χ4v) is 1.03. The number of amides is 1. The number of aldehydes is 1. The molecule has 1 aromatic rings. The molecule has 0 saturated heterocycles. The maximum Gasteiger partial charge on any atom is 0.211 e. The van der Waals surface area contributed by atoms with E-state index in [9.17, 15) is 9.59 Å².